The first-order valence-electron chi connectivity index (χ1n) is 4.53. The molecular formula is C11H13BrO2. The summed E-state index contributed by atoms with van der Waals surface area (Å²) >= 11 is 3.40. The summed E-state index contributed by atoms with van der Waals surface area (Å²) in [7, 11) is 1.68. The van der Waals surface area contributed by atoms with E-state index in [1.54, 1.807) is 7.11 Å². The predicted octanol–water partition coefficient (Wildman–Crippen LogP) is 3.06. The van der Waals surface area contributed by atoms with E-state index in [1.165, 1.54) is 0 Å². The lowest BCUT2D eigenvalue weighted by Crippen LogP contribution is -2.20. The third kappa shape index (κ3) is 1.31. The summed E-state index contributed by atoms with van der Waals surface area (Å²) in [5.74, 6) is -0.548. The van der Waals surface area contributed by atoms with E-state index in [-0.39, 0.29) is 5.60 Å². The van der Waals surface area contributed by atoms with Crippen LogP contribution in [0.3, 0.4) is 0 Å². The molecule has 1 heterocycles. The Kier molecular flexibility index (Phi) is 2.21. The monoisotopic (exact) mass is 256 g/mol. The first-order chi connectivity index (χ1) is 6.52. The standard InChI is InChI=1S/C11H13BrO2/c1-10(2)11(13-3,14-10)8-4-6-9(12)7-5-8/h4-7H,1-3H3. The molecule has 2 rings (SSSR count). The summed E-state index contributed by atoms with van der Waals surface area (Å²) < 4.78 is 12.1. The summed E-state index contributed by atoms with van der Waals surface area (Å²) in [5, 5.41) is 0. The number of ether oxygens (including phenoxy) is 2. The minimum atomic E-state index is -0.548. The topological polar surface area (TPSA) is 21.8 Å². The van der Waals surface area contributed by atoms with Gasteiger partial charge in [-0.1, -0.05) is 28.1 Å². The summed E-state index contributed by atoms with van der Waals surface area (Å²) in [6.45, 7) is 4.05. The van der Waals surface area contributed by atoms with Gasteiger partial charge < -0.3 is 9.47 Å². The predicted molar refractivity (Wildman–Crippen MR) is 58.0 cm³/mol. The van der Waals surface area contributed by atoms with Crippen molar-refractivity contribution in [2.45, 2.75) is 25.2 Å². The molecule has 0 saturated carbocycles. The molecule has 0 N–H and O–H groups in total. The fourth-order valence-electron chi connectivity index (χ4n) is 1.81. The van der Waals surface area contributed by atoms with Gasteiger partial charge >= 0.3 is 0 Å². The number of epoxide rings is 1. The van der Waals surface area contributed by atoms with Gasteiger partial charge in [-0.25, -0.2) is 0 Å². The number of benzene rings is 1. The maximum absolute atomic E-state index is 5.63. The number of rotatable bonds is 2. The van der Waals surface area contributed by atoms with E-state index in [9.17, 15) is 0 Å². The van der Waals surface area contributed by atoms with Crippen LogP contribution in [0.5, 0.6) is 0 Å². The van der Waals surface area contributed by atoms with E-state index >= 15 is 0 Å². The number of methoxy groups -OCH3 is 1. The van der Waals surface area contributed by atoms with Gasteiger partial charge in [-0.2, -0.15) is 0 Å². The fraction of sp³-hybridized carbons (Fsp3) is 0.455. The van der Waals surface area contributed by atoms with Gasteiger partial charge in [0.25, 0.3) is 0 Å². The van der Waals surface area contributed by atoms with E-state index in [1.807, 2.05) is 38.1 Å². The Morgan fingerprint density at radius 2 is 1.71 bits per heavy atom. The number of hydrogen-bond acceptors (Lipinski definition) is 2. The Morgan fingerprint density at radius 3 is 2.07 bits per heavy atom. The van der Waals surface area contributed by atoms with Gasteiger partial charge in [-0.05, 0) is 26.0 Å². The highest BCUT2D eigenvalue weighted by Crippen LogP contribution is 2.55. The van der Waals surface area contributed by atoms with Crippen molar-refractivity contribution in [3.63, 3.8) is 0 Å². The van der Waals surface area contributed by atoms with Crippen LogP contribution in [0, 0.1) is 0 Å². The maximum Gasteiger partial charge on any atom is 0.225 e. The van der Waals surface area contributed by atoms with Gasteiger partial charge in [-0.15, -0.1) is 0 Å². The van der Waals surface area contributed by atoms with Gasteiger partial charge in [0.2, 0.25) is 5.79 Å². The lowest BCUT2D eigenvalue weighted by atomic mass is 9.99. The Balaban J connectivity index is 2.36. The summed E-state index contributed by atoms with van der Waals surface area (Å²) in [4.78, 5) is 0. The van der Waals surface area contributed by atoms with Crippen molar-refractivity contribution in [2.75, 3.05) is 7.11 Å². The van der Waals surface area contributed by atoms with Gasteiger partial charge in [0.05, 0.1) is 0 Å². The Labute approximate surface area is 92.3 Å². The minimum Gasteiger partial charge on any atom is -0.347 e. The second-order valence-corrected chi connectivity index (χ2v) is 4.86. The first-order valence-corrected chi connectivity index (χ1v) is 5.32. The largest absolute Gasteiger partial charge is 0.347 e. The quantitative estimate of drug-likeness (QED) is 0.759. The van der Waals surface area contributed by atoms with E-state index in [0.717, 1.165) is 10.0 Å². The van der Waals surface area contributed by atoms with Crippen LogP contribution in [0.4, 0.5) is 0 Å². The lowest BCUT2D eigenvalue weighted by Gasteiger charge is -2.13. The molecule has 0 aromatic heterocycles. The molecule has 0 radical (unpaired) electrons. The van der Waals surface area contributed by atoms with Crippen molar-refractivity contribution in [3.8, 4) is 0 Å². The smallest absolute Gasteiger partial charge is 0.225 e. The zero-order chi connectivity index (χ0) is 10.4. The summed E-state index contributed by atoms with van der Waals surface area (Å²) in [6, 6.07) is 8.02. The molecule has 1 aliphatic rings. The molecule has 76 valence electrons. The van der Waals surface area contributed by atoms with Crippen LogP contribution in [0.1, 0.15) is 19.4 Å². The maximum atomic E-state index is 5.63. The Morgan fingerprint density at radius 1 is 1.21 bits per heavy atom. The zero-order valence-corrected chi connectivity index (χ0v) is 10.1. The molecule has 1 aromatic rings. The summed E-state index contributed by atoms with van der Waals surface area (Å²) in [6.07, 6.45) is 0. The molecule has 0 spiro atoms. The summed E-state index contributed by atoms with van der Waals surface area (Å²) in [5.41, 5.74) is 0.837. The van der Waals surface area contributed by atoms with Crippen LogP contribution in [-0.4, -0.2) is 12.7 Å². The Bertz CT molecular complexity index is 345. The van der Waals surface area contributed by atoms with Crippen LogP contribution < -0.4 is 0 Å². The second-order valence-electron chi connectivity index (χ2n) is 3.94. The molecule has 1 aromatic carbocycles. The molecule has 14 heavy (non-hydrogen) atoms. The lowest BCUT2D eigenvalue weighted by molar-refractivity contribution is -0.0147. The molecule has 1 unspecified atom stereocenters. The average molecular weight is 257 g/mol. The van der Waals surface area contributed by atoms with E-state index < -0.39 is 5.79 Å². The van der Waals surface area contributed by atoms with Gasteiger partial charge in [0, 0.05) is 17.1 Å². The zero-order valence-electron chi connectivity index (χ0n) is 8.50. The molecule has 1 fully saturated rings. The Hall–Kier alpha value is -0.380. The molecular weight excluding hydrogens is 244 g/mol. The molecule has 1 saturated heterocycles. The van der Waals surface area contributed by atoms with Gasteiger partial charge in [0.1, 0.15) is 5.60 Å². The van der Waals surface area contributed by atoms with Crippen molar-refractivity contribution in [1.82, 2.24) is 0 Å². The fourth-order valence-corrected chi connectivity index (χ4v) is 2.08. The van der Waals surface area contributed by atoms with Crippen molar-refractivity contribution in [1.29, 1.82) is 0 Å². The van der Waals surface area contributed by atoms with Gasteiger partial charge in [0.15, 0.2) is 0 Å². The van der Waals surface area contributed by atoms with Crippen LogP contribution in [0.25, 0.3) is 0 Å². The van der Waals surface area contributed by atoms with Crippen molar-refractivity contribution < 1.29 is 9.47 Å². The van der Waals surface area contributed by atoms with E-state index in [0.29, 0.717) is 0 Å². The molecule has 2 nitrogen and oxygen atoms in total. The highest BCUT2D eigenvalue weighted by Gasteiger charge is 2.66. The van der Waals surface area contributed by atoms with Crippen LogP contribution in [-0.2, 0) is 15.3 Å². The van der Waals surface area contributed by atoms with Crippen LogP contribution in [0.2, 0.25) is 0 Å². The average Bonchev–Trinajstić information content (AvgIpc) is 2.71. The van der Waals surface area contributed by atoms with E-state index in [2.05, 4.69) is 15.9 Å². The van der Waals surface area contributed by atoms with E-state index in [4.69, 9.17) is 9.47 Å². The molecule has 1 aliphatic heterocycles. The first kappa shape index (κ1) is 10.1. The van der Waals surface area contributed by atoms with Crippen molar-refractivity contribution in [2.24, 2.45) is 0 Å². The van der Waals surface area contributed by atoms with Crippen LogP contribution >= 0.6 is 15.9 Å². The third-order valence-electron chi connectivity index (χ3n) is 2.66. The molecule has 0 aliphatic carbocycles. The highest BCUT2D eigenvalue weighted by molar-refractivity contribution is 9.10. The SMILES string of the molecule is COC1(c2ccc(Br)cc2)OC1(C)C. The normalized spacial score (nSPS) is 28.9. The minimum absolute atomic E-state index is 0.227. The second kappa shape index (κ2) is 3.05. The molecule has 0 amide bonds. The van der Waals surface area contributed by atoms with Crippen molar-refractivity contribution >= 4 is 15.9 Å². The van der Waals surface area contributed by atoms with Crippen LogP contribution in [0.15, 0.2) is 28.7 Å². The molecule has 1 atom stereocenters. The third-order valence-corrected chi connectivity index (χ3v) is 3.19. The highest BCUT2D eigenvalue weighted by atomic mass is 79.9. The van der Waals surface area contributed by atoms with Crippen molar-refractivity contribution in [3.05, 3.63) is 34.3 Å². The van der Waals surface area contributed by atoms with Gasteiger partial charge in [-0.3, -0.25) is 0 Å². The molecule has 0 bridgehead atoms. The number of hydrogen-bond donors (Lipinski definition) is 0. The molecule has 3 heteroatoms. The number of halogens is 1.